The molecule has 1 atom stereocenters. The molecule has 1 heterocycles. The Morgan fingerprint density at radius 2 is 1.62 bits per heavy atom. The number of aliphatic carboxylic acids is 1. The van der Waals surface area contributed by atoms with Crippen LogP contribution in [0.1, 0.15) is 21.6 Å². The highest BCUT2D eigenvalue weighted by Crippen LogP contribution is 2.19. The molecular formula is C27H22N4O5S. The zero-order valence-electron chi connectivity index (χ0n) is 19.4. The number of nitrogens with zero attached hydrogens (tertiary/aromatic N) is 1. The van der Waals surface area contributed by atoms with Gasteiger partial charge >= 0.3 is 5.97 Å². The number of anilines is 1. The molecule has 0 aliphatic carbocycles. The number of hydrogen-bond donors (Lipinski definition) is 4. The van der Waals surface area contributed by atoms with E-state index in [-0.39, 0.29) is 10.5 Å². The predicted octanol–water partition coefficient (Wildman–Crippen LogP) is 2.38. The van der Waals surface area contributed by atoms with E-state index in [4.69, 9.17) is 5.73 Å². The van der Waals surface area contributed by atoms with E-state index in [1.807, 2.05) is 24.3 Å². The first-order valence-corrected chi connectivity index (χ1v) is 12.6. The van der Waals surface area contributed by atoms with Crippen LogP contribution in [-0.2, 0) is 14.8 Å². The number of benzene rings is 3. The van der Waals surface area contributed by atoms with E-state index in [1.54, 1.807) is 24.3 Å². The number of carboxylic acid groups (broad SMARTS) is 1. The smallest absolute Gasteiger partial charge is 0.323 e. The third kappa shape index (κ3) is 6.29. The first kappa shape index (κ1) is 25.4. The van der Waals surface area contributed by atoms with Crippen molar-refractivity contribution in [3.05, 3.63) is 102 Å². The molecule has 10 heteroatoms. The second-order valence-corrected chi connectivity index (χ2v) is 9.69. The quantitative estimate of drug-likeness (QED) is 0.276. The summed E-state index contributed by atoms with van der Waals surface area (Å²) in [6, 6.07) is 21.6. The number of amides is 1. The van der Waals surface area contributed by atoms with E-state index < -0.39 is 34.5 Å². The summed E-state index contributed by atoms with van der Waals surface area (Å²) in [6.45, 7) is -0.448. The van der Waals surface area contributed by atoms with Crippen LogP contribution in [0.4, 0.5) is 5.82 Å². The number of hydrogen-bond acceptors (Lipinski definition) is 6. The average molecular weight is 515 g/mol. The lowest BCUT2D eigenvalue weighted by atomic mass is 10.1. The Labute approximate surface area is 213 Å². The minimum absolute atomic E-state index is 0.0781. The molecule has 0 bridgehead atoms. The van der Waals surface area contributed by atoms with Gasteiger partial charge in [-0.2, -0.15) is 4.72 Å². The van der Waals surface area contributed by atoms with Crippen LogP contribution in [0.5, 0.6) is 0 Å². The van der Waals surface area contributed by atoms with Gasteiger partial charge < -0.3 is 16.2 Å². The average Bonchev–Trinajstić information content (AvgIpc) is 2.90. The molecule has 0 saturated carbocycles. The largest absolute Gasteiger partial charge is 0.480 e. The van der Waals surface area contributed by atoms with Crippen molar-refractivity contribution in [2.24, 2.45) is 0 Å². The summed E-state index contributed by atoms with van der Waals surface area (Å²) in [5.41, 5.74) is 7.30. The zero-order chi connectivity index (χ0) is 26.4. The van der Waals surface area contributed by atoms with Gasteiger partial charge in [0.15, 0.2) is 0 Å². The third-order valence-electron chi connectivity index (χ3n) is 5.35. The van der Waals surface area contributed by atoms with Crippen LogP contribution in [0.15, 0.2) is 89.8 Å². The van der Waals surface area contributed by atoms with Crippen molar-refractivity contribution >= 4 is 38.5 Å². The Morgan fingerprint density at radius 1 is 0.946 bits per heavy atom. The van der Waals surface area contributed by atoms with Gasteiger partial charge in [-0.1, -0.05) is 48.4 Å². The predicted molar refractivity (Wildman–Crippen MR) is 139 cm³/mol. The van der Waals surface area contributed by atoms with Crippen LogP contribution in [0, 0.1) is 11.8 Å². The molecule has 0 unspecified atom stereocenters. The molecule has 186 valence electrons. The lowest BCUT2D eigenvalue weighted by Gasteiger charge is -2.15. The number of pyridine rings is 1. The fraction of sp³-hybridized carbons (Fsp3) is 0.0741. The Morgan fingerprint density at radius 3 is 2.32 bits per heavy atom. The summed E-state index contributed by atoms with van der Waals surface area (Å²) in [4.78, 5) is 28.4. The molecule has 0 fully saturated rings. The third-order valence-corrected chi connectivity index (χ3v) is 6.84. The van der Waals surface area contributed by atoms with E-state index in [0.717, 1.165) is 10.8 Å². The molecule has 37 heavy (non-hydrogen) atoms. The second kappa shape index (κ2) is 10.9. The van der Waals surface area contributed by atoms with Gasteiger partial charge in [-0.05, 0) is 53.8 Å². The number of carboxylic acids is 1. The summed E-state index contributed by atoms with van der Waals surface area (Å²) in [7, 11) is -4.08. The van der Waals surface area contributed by atoms with Crippen molar-refractivity contribution in [2.45, 2.75) is 10.9 Å². The molecule has 1 amide bonds. The topological polar surface area (TPSA) is 151 Å². The Bertz CT molecular complexity index is 1630. The van der Waals surface area contributed by atoms with Gasteiger partial charge in [0, 0.05) is 23.1 Å². The molecule has 4 rings (SSSR count). The van der Waals surface area contributed by atoms with E-state index in [2.05, 4.69) is 26.9 Å². The molecule has 3 aromatic carbocycles. The summed E-state index contributed by atoms with van der Waals surface area (Å²) >= 11 is 0. The Balaban J connectivity index is 1.42. The lowest BCUT2D eigenvalue weighted by molar-refractivity contribution is -0.138. The maximum atomic E-state index is 12.5. The molecule has 0 aliphatic rings. The number of nitrogens with one attached hydrogen (secondary N) is 2. The van der Waals surface area contributed by atoms with E-state index in [0.29, 0.717) is 17.1 Å². The fourth-order valence-electron chi connectivity index (χ4n) is 3.48. The number of carbonyl (C=O) groups excluding carboxylic acids is 1. The number of rotatable bonds is 7. The zero-order valence-corrected chi connectivity index (χ0v) is 20.2. The maximum absolute atomic E-state index is 12.5. The van der Waals surface area contributed by atoms with Gasteiger partial charge in [-0.15, -0.1) is 0 Å². The number of nitrogen functional groups attached to an aromatic ring is 1. The Kier molecular flexibility index (Phi) is 7.48. The number of aromatic nitrogens is 1. The number of fused-ring (bicyclic) bond motifs is 1. The number of sulfonamides is 1. The summed E-state index contributed by atoms with van der Waals surface area (Å²) < 4.78 is 27.0. The van der Waals surface area contributed by atoms with Crippen molar-refractivity contribution in [3.63, 3.8) is 0 Å². The van der Waals surface area contributed by atoms with Crippen LogP contribution in [0.3, 0.4) is 0 Å². The molecule has 0 radical (unpaired) electrons. The first-order chi connectivity index (χ1) is 17.7. The summed E-state index contributed by atoms with van der Waals surface area (Å²) in [5, 5.41) is 13.7. The van der Waals surface area contributed by atoms with Crippen molar-refractivity contribution in [2.75, 3.05) is 12.3 Å². The van der Waals surface area contributed by atoms with Crippen LogP contribution in [-0.4, -0.2) is 43.0 Å². The molecule has 0 aliphatic heterocycles. The minimum Gasteiger partial charge on any atom is -0.480 e. The minimum atomic E-state index is -4.08. The standard InChI is InChI=1S/C27H22N4O5S/c28-25-16-20-6-4-5-9-22(20)23(30-25)15-12-18-10-13-19(14-11-18)26(32)29-17-24(27(33)34)31-37(35,36)21-7-2-1-3-8-21/h1-11,13-14,16,24,31H,17H2,(H2,28,30)(H,29,32)(H,33,34)/t24-/m0/s1. The van der Waals surface area contributed by atoms with Crippen LogP contribution >= 0.6 is 0 Å². The molecule has 9 nitrogen and oxygen atoms in total. The van der Waals surface area contributed by atoms with E-state index >= 15 is 0 Å². The molecule has 0 spiro atoms. The fourth-order valence-corrected chi connectivity index (χ4v) is 4.69. The van der Waals surface area contributed by atoms with Gasteiger partial charge in [0.05, 0.1) is 4.90 Å². The van der Waals surface area contributed by atoms with Gasteiger partial charge in [0.2, 0.25) is 10.0 Å². The van der Waals surface area contributed by atoms with E-state index in [1.165, 1.54) is 36.4 Å². The van der Waals surface area contributed by atoms with Crippen molar-refractivity contribution in [1.82, 2.24) is 15.0 Å². The van der Waals surface area contributed by atoms with Gasteiger partial charge in [0.1, 0.15) is 17.6 Å². The van der Waals surface area contributed by atoms with Crippen molar-refractivity contribution < 1.29 is 23.1 Å². The number of nitrogens with two attached hydrogens (primary N) is 1. The first-order valence-electron chi connectivity index (χ1n) is 11.1. The molecule has 1 aromatic heterocycles. The molecule has 0 saturated heterocycles. The van der Waals surface area contributed by atoms with E-state index in [9.17, 15) is 23.1 Å². The van der Waals surface area contributed by atoms with Gasteiger partial charge in [-0.25, -0.2) is 13.4 Å². The summed E-state index contributed by atoms with van der Waals surface area (Å²) in [6.07, 6.45) is 0. The normalized spacial score (nSPS) is 11.8. The molecule has 4 aromatic rings. The highest BCUT2D eigenvalue weighted by Gasteiger charge is 2.26. The van der Waals surface area contributed by atoms with Gasteiger partial charge in [-0.3, -0.25) is 9.59 Å². The van der Waals surface area contributed by atoms with Crippen molar-refractivity contribution in [1.29, 1.82) is 0 Å². The van der Waals surface area contributed by atoms with Crippen molar-refractivity contribution in [3.8, 4) is 11.8 Å². The van der Waals surface area contributed by atoms with Crippen LogP contribution in [0.25, 0.3) is 10.8 Å². The van der Waals surface area contributed by atoms with Crippen LogP contribution < -0.4 is 15.8 Å². The monoisotopic (exact) mass is 514 g/mol. The lowest BCUT2D eigenvalue weighted by Crippen LogP contribution is -2.48. The summed E-state index contributed by atoms with van der Waals surface area (Å²) in [5.74, 6) is 4.38. The highest BCUT2D eigenvalue weighted by atomic mass is 32.2. The molecular weight excluding hydrogens is 492 g/mol. The SMILES string of the molecule is Nc1cc2ccccc2c(C#Cc2ccc(C(=O)NC[C@H](NS(=O)(=O)c3ccccc3)C(=O)O)cc2)n1. The Hall–Kier alpha value is -4.72. The van der Waals surface area contributed by atoms with Crippen LogP contribution in [0.2, 0.25) is 0 Å². The second-order valence-electron chi connectivity index (χ2n) is 7.98. The highest BCUT2D eigenvalue weighted by molar-refractivity contribution is 7.89. The molecule has 5 N–H and O–H groups in total. The van der Waals surface area contributed by atoms with Gasteiger partial charge in [0.25, 0.3) is 5.91 Å². The maximum Gasteiger partial charge on any atom is 0.323 e. The number of carbonyl (C=O) groups is 2.